The van der Waals surface area contributed by atoms with Crippen LogP contribution in [-0.2, 0) is 9.59 Å². The van der Waals surface area contributed by atoms with Gasteiger partial charge in [0.15, 0.2) is 6.61 Å². The Morgan fingerprint density at radius 3 is 2.59 bits per heavy atom. The molecule has 0 saturated heterocycles. The lowest BCUT2D eigenvalue weighted by molar-refractivity contribution is -0.126. The molecule has 1 fully saturated rings. The minimum absolute atomic E-state index is 0.0560. The van der Waals surface area contributed by atoms with Gasteiger partial charge in [-0.15, -0.1) is 0 Å². The van der Waals surface area contributed by atoms with E-state index in [1.807, 2.05) is 32.0 Å². The van der Waals surface area contributed by atoms with Gasteiger partial charge in [0.1, 0.15) is 11.8 Å². The molecule has 0 aromatic heterocycles. The van der Waals surface area contributed by atoms with E-state index in [-0.39, 0.29) is 42.3 Å². The summed E-state index contributed by atoms with van der Waals surface area (Å²) in [7, 11) is 0. The summed E-state index contributed by atoms with van der Waals surface area (Å²) in [5.74, 6) is -0.404. The Kier molecular flexibility index (Phi) is 7.17. The topological polar surface area (TPSA) is 114 Å². The van der Waals surface area contributed by atoms with E-state index in [0.717, 1.165) is 25.7 Å². The fourth-order valence-corrected chi connectivity index (χ4v) is 4.67. The first-order valence-electron chi connectivity index (χ1n) is 11.9. The molecule has 2 aromatic rings. The van der Waals surface area contributed by atoms with Crippen molar-refractivity contribution < 1.29 is 19.1 Å². The van der Waals surface area contributed by atoms with Crippen molar-refractivity contribution >= 4 is 29.1 Å². The first-order valence-corrected chi connectivity index (χ1v) is 11.9. The monoisotopic (exact) mass is 464 g/mol. The lowest BCUT2D eigenvalue weighted by atomic mass is 9.91. The van der Waals surface area contributed by atoms with Crippen LogP contribution in [-0.4, -0.2) is 42.5 Å². The Morgan fingerprint density at radius 2 is 1.88 bits per heavy atom. The van der Waals surface area contributed by atoms with Crippen molar-refractivity contribution in [3.63, 3.8) is 0 Å². The third-order valence-corrected chi connectivity index (χ3v) is 6.46. The van der Waals surface area contributed by atoms with Crippen molar-refractivity contribution in [3.8, 4) is 5.75 Å². The number of amides is 3. The molecule has 8 heteroatoms. The number of hydrogen-bond acceptors (Lipinski definition) is 5. The quantitative estimate of drug-likeness (QED) is 0.608. The van der Waals surface area contributed by atoms with E-state index in [1.54, 1.807) is 30.3 Å². The molecule has 1 aliphatic heterocycles. The van der Waals surface area contributed by atoms with Crippen molar-refractivity contribution in [3.05, 3.63) is 54.1 Å². The maximum Gasteiger partial charge on any atom is 0.265 e. The summed E-state index contributed by atoms with van der Waals surface area (Å²) < 4.78 is 5.66. The first-order chi connectivity index (χ1) is 16.3. The number of anilines is 2. The van der Waals surface area contributed by atoms with Crippen molar-refractivity contribution in [2.75, 3.05) is 16.8 Å². The lowest BCUT2D eigenvalue weighted by Crippen LogP contribution is -2.55. The van der Waals surface area contributed by atoms with Gasteiger partial charge in [-0.25, -0.2) is 0 Å². The molecule has 0 radical (unpaired) electrons. The van der Waals surface area contributed by atoms with Gasteiger partial charge in [0.05, 0.1) is 11.4 Å². The van der Waals surface area contributed by atoms with Gasteiger partial charge in [-0.05, 0) is 49.1 Å². The number of nitrogens with zero attached hydrogens (tertiary/aromatic N) is 1. The standard InChI is InChI=1S/C26H32N4O4/c1-16(2)24-26(33)29-21-14-17(25(32)28-20-11-7-6-10-19(20)27)12-13-22(21)30(24)23(31)15-34-18-8-4-3-5-9-18/h3-5,8-9,12-14,16,19-20,24H,6-7,10-11,15,27H2,1-2H3,(H,28,32)(H,29,33). The van der Waals surface area contributed by atoms with Gasteiger partial charge >= 0.3 is 0 Å². The highest BCUT2D eigenvalue weighted by Crippen LogP contribution is 2.35. The number of nitrogens with two attached hydrogens (primary N) is 1. The number of carbonyl (C=O) groups excluding carboxylic acids is 3. The molecular weight excluding hydrogens is 432 g/mol. The molecule has 1 saturated carbocycles. The summed E-state index contributed by atoms with van der Waals surface area (Å²) in [5.41, 5.74) is 7.56. The normalized spacial score (nSPS) is 22.1. The number of hydrogen-bond donors (Lipinski definition) is 3. The average Bonchev–Trinajstić information content (AvgIpc) is 2.83. The molecule has 8 nitrogen and oxygen atoms in total. The zero-order valence-corrected chi connectivity index (χ0v) is 19.6. The van der Waals surface area contributed by atoms with E-state index < -0.39 is 6.04 Å². The Hall–Kier alpha value is -3.39. The van der Waals surface area contributed by atoms with Crippen molar-refractivity contribution in [1.82, 2.24) is 5.32 Å². The summed E-state index contributed by atoms with van der Waals surface area (Å²) in [6.07, 6.45) is 3.86. The van der Waals surface area contributed by atoms with Gasteiger partial charge in [-0.1, -0.05) is 44.9 Å². The highest BCUT2D eigenvalue weighted by molar-refractivity contribution is 6.13. The van der Waals surface area contributed by atoms with Gasteiger partial charge < -0.3 is 21.1 Å². The highest BCUT2D eigenvalue weighted by atomic mass is 16.5. The summed E-state index contributed by atoms with van der Waals surface area (Å²) in [5, 5.41) is 5.90. The van der Waals surface area contributed by atoms with E-state index in [9.17, 15) is 14.4 Å². The van der Waals surface area contributed by atoms with Crippen LogP contribution in [0.1, 0.15) is 49.9 Å². The Labute approximate surface area is 199 Å². The fourth-order valence-electron chi connectivity index (χ4n) is 4.67. The van der Waals surface area contributed by atoms with E-state index in [2.05, 4.69) is 10.6 Å². The molecule has 0 bridgehead atoms. The minimum atomic E-state index is -0.681. The van der Waals surface area contributed by atoms with Gasteiger partial charge in [-0.3, -0.25) is 19.3 Å². The lowest BCUT2D eigenvalue weighted by Gasteiger charge is -2.38. The number of benzene rings is 2. The number of nitrogens with one attached hydrogen (secondary N) is 2. The highest BCUT2D eigenvalue weighted by Gasteiger charge is 2.39. The molecule has 4 rings (SSSR count). The van der Waals surface area contributed by atoms with E-state index in [1.165, 1.54) is 4.90 Å². The van der Waals surface area contributed by atoms with Crippen LogP contribution < -0.4 is 26.0 Å². The smallest absolute Gasteiger partial charge is 0.265 e. The molecule has 1 heterocycles. The molecule has 2 aromatic carbocycles. The molecular formula is C26H32N4O4. The predicted molar refractivity (Wildman–Crippen MR) is 131 cm³/mol. The maximum absolute atomic E-state index is 13.2. The zero-order valence-electron chi connectivity index (χ0n) is 19.6. The summed E-state index contributed by atoms with van der Waals surface area (Å²) in [6.45, 7) is 3.58. The Bertz CT molecular complexity index is 1060. The van der Waals surface area contributed by atoms with Gasteiger partial charge in [0, 0.05) is 17.6 Å². The fraction of sp³-hybridized carbons (Fsp3) is 0.423. The van der Waals surface area contributed by atoms with Crippen molar-refractivity contribution in [1.29, 1.82) is 0 Å². The number of para-hydroxylation sites is 1. The zero-order chi connectivity index (χ0) is 24.2. The number of carbonyl (C=O) groups is 3. The summed E-state index contributed by atoms with van der Waals surface area (Å²) in [4.78, 5) is 40.6. The van der Waals surface area contributed by atoms with E-state index in [4.69, 9.17) is 10.5 Å². The van der Waals surface area contributed by atoms with Gasteiger partial charge in [-0.2, -0.15) is 0 Å². The largest absolute Gasteiger partial charge is 0.484 e. The minimum Gasteiger partial charge on any atom is -0.484 e. The molecule has 3 atom stereocenters. The van der Waals surface area contributed by atoms with Crippen LogP contribution in [0.25, 0.3) is 0 Å². The van der Waals surface area contributed by atoms with Crippen LogP contribution in [0.5, 0.6) is 5.75 Å². The SMILES string of the molecule is CC(C)C1C(=O)Nc2cc(C(=O)NC3CCCCC3N)ccc2N1C(=O)COc1ccccc1. The summed E-state index contributed by atoms with van der Waals surface area (Å²) in [6, 6.07) is 13.3. The number of rotatable bonds is 6. The van der Waals surface area contributed by atoms with Crippen LogP contribution in [0.2, 0.25) is 0 Å². The van der Waals surface area contributed by atoms with Crippen LogP contribution in [0.3, 0.4) is 0 Å². The third-order valence-electron chi connectivity index (χ3n) is 6.46. The van der Waals surface area contributed by atoms with Crippen molar-refractivity contribution in [2.45, 2.75) is 57.7 Å². The van der Waals surface area contributed by atoms with E-state index in [0.29, 0.717) is 22.7 Å². The number of fused-ring (bicyclic) bond motifs is 1. The molecule has 3 unspecified atom stereocenters. The molecule has 34 heavy (non-hydrogen) atoms. The van der Waals surface area contributed by atoms with Crippen molar-refractivity contribution in [2.24, 2.45) is 11.7 Å². The average molecular weight is 465 g/mol. The Morgan fingerprint density at radius 1 is 1.15 bits per heavy atom. The van der Waals surface area contributed by atoms with Gasteiger partial charge in [0.25, 0.3) is 11.8 Å². The molecule has 4 N–H and O–H groups in total. The van der Waals surface area contributed by atoms with Crippen LogP contribution in [0.15, 0.2) is 48.5 Å². The predicted octanol–water partition coefficient (Wildman–Crippen LogP) is 3.08. The summed E-state index contributed by atoms with van der Waals surface area (Å²) >= 11 is 0. The Balaban J connectivity index is 1.56. The molecule has 180 valence electrons. The van der Waals surface area contributed by atoms with Crippen LogP contribution in [0.4, 0.5) is 11.4 Å². The second-order valence-electron chi connectivity index (χ2n) is 9.30. The molecule has 1 aliphatic carbocycles. The van der Waals surface area contributed by atoms with Crippen LogP contribution in [0, 0.1) is 5.92 Å². The molecule has 2 aliphatic rings. The van der Waals surface area contributed by atoms with E-state index >= 15 is 0 Å². The first kappa shape index (κ1) is 23.8. The second kappa shape index (κ2) is 10.3. The van der Waals surface area contributed by atoms with Crippen LogP contribution >= 0.6 is 0 Å². The maximum atomic E-state index is 13.2. The number of ether oxygens (including phenoxy) is 1. The van der Waals surface area contributed by atoms with Gasteiger partial charge in [0.2, 0.25) is 5.91 Å². The second-order valence-corrected chi connectivity index (χ2v) is 9.30. The molecule has 0 spiro atoms. The molecule has 3 amide bonds. The third kappa shape index (κ3) is 5.07.